The maximum Gasteiger partial charge on any atom is 0.243 e. The predicted molar refractivity (Wildman–Crippen MR) is 114 cm³/mol. The van der Waals surface area contributed by atoms with Gasteiger partial charge in [-0.15, -0.1) is 0 Å². The summed E-state index contributed by atoms with van der Waals surface area (Å²) in [6.07, 6.45) is 2.66. The van der Waals surface area contributed by atoms with Gasteiger partial charge in [-0.2, -0.15) is 4.31 Å². The van der Waals surface area contributed by atoms with E-state index in [2.05, 4.69) is 10.3 Å². The third kappa shape index (κ3) is 4.36. The van der Waals surface area contributed by atoms with Crippen molar-refractivity contribution >= 4 is 21.7 Å². The number of aryl methyl sites for hydroxylation is 3. The van der Waals surface area contributed by atoms with Crippen LogP contribution in [0.1, 0.15) is 40.7 Å². The molecule has 1 aromatic carbocycles. The molecule has 1 fully saturated rings. The summed E-state index contributed by atoms with van der Waals surface area (Å²) < 4.78 is 28.2. The predicted octanol–water partition coefficient (Wildman–Crippen LogP) is 3.66. The van der Waals surface area contributed by atoms with Gasteiger partial charge in [0.1, 0.15) is 5.82 Å². The van der Waals surface area contributed by atoms with Gasteiger partial charge < -0.3 is 5.32 Å². The molecular formula is C22H29N3O3S. The third-order valence-electron chi connectivity index (χ3n) is 5.89. The van der Waals surface area contributed by atoms with E-state index in [-0.39, 0.29) is 11.8 Å². The number of nitrogens with zero attached hydrogens (tertiary/aromatic N) is 2. The Bertz CT molecular complexity index is 1010. The van der Waals surface area contributed by atoms with Gasteiger partial charge in [-0.25, -0.2) is 13.4 Å². The van der Waals surface area contributed by atoms with Crippen molar-refractivity contribution < 1.29 is 13.2 Å². The van der Waals surface area contributed by atoms with Gasteiger partial charge in [-0.1, -0.05) is 6.07 Å². The Morgan fingerprint density at radius 1 is 1.03 bits per heavy atom. The van der Waals surface area contributed by atoms with Gasteiger partial charge in [0.15, 0.2) is 0 Å². The van der Waals surface area contributed by atoms with E-state index >= 15 is 0 Å². The Kier molecular flexibility index (Phi) is 6.10. The molecule has 156 valence electrons. The topological polar surface area (TPSA) is 79.4 Å². The lowest BCUT2D eigenvalue weighted by molar-refractivity contribution is -0.120. The van der Waals surface area contributed by atoms with Crippen LogP contribution in [-0.2, 0) is 14.8 Å². The molecule has 29 heavy (non-hydrogen) atoms. The molecule has 0 radical (unpaired) electrons. The summed E-state index contributed by atoms with van der Waals surface area (Å²) in [6.45, 7) is 10.2. The highest BCUT2D eigenvalue weighted by Gasteiger charge is 2.34. The lowest BCUT2D eigenvalue weighted by Gasteiger charge is -2.31. The van der Waals surface area contributed by atoms with Crippen molar-refractivity contribution in [2.75, 3.05) is 18.4 Å². The Morgan fingerprint density at radius 3 is 2.17 bits per heavy atom. The quantitative estimate of drug-likeness (QED) is 0.826. The summed E-state index contributed by atoms with van der Waals surface area (Å²) >= 11 is 0. The van der Waals surface area contributed by atoms with E-state index in [1.54, 1.807) is 6.20 Å². The van der Waals surface area contributed by atoms with Crippen LogP contribution in [0.3, 0.4) is 0 Å². The van der Waals surface area contributed by atoms with Crippen molar-refractivity contribution in [3.8, 4) is 0 Å². The van der Waals surface area contributed by atoms with Crippen molar-refractivity contribution in [3.63, 3.8) is 0 Å². The molecule has 0 aliphatic carbocycles. The second-order valence-corrected chi connectivity index (χ2v) is 9.85. The fourth-order valence-electron chi connectivity index (χ4n) is 3.89. The van der Waals surface area contributed by atoms with Crippen molar-refractivity contribution in [2.45, 2.75) is 52.4 Å². The standard InChI is InChI=1S/C22H29N3O3S/c1-14-6-9-23-20(12-14)24-22(26)19-7-10-25(11-8-19)29(27,28)21-17(4)15(2)13-16(3)18(21)5/h6,9,12-13,19H,7-8,10-11H2,1-5H3,(H,23,24,26). The Hall–Kier alpha value is -2.25. The van der Waals surface area contributed by atoms with Crippen LogP contribution in [0.4, 0.5) is 5.82 Å². The van der Waals surface area contributed by atoms with Gasteiger partial charge in [-0.05, 0) is 87.4 Å². The summed E-state index contributed by atoms with van der Waals surface area (Å²) in [5.74, 6) is 0.218. The van der Waals surface area contributed by atoms with Gasteiger partial charge in [-0.3, -0.25) is 4.79 Å². The zero-order valence-corrected chi connectivity index (χ0v) is 18.6. The average molecular weight is 416 g/mol. The first-order valence-electron chi connectivity index (χ1n) is 9.92. The first-order valence-corrected chi connectivity index (χ1v) is 11.4. The van der Waals surface area contributed by atoms with Crippen molar-refractivity contribution in [2.24, 2.45) is 5.92 Å². The summed E-state index contributed by atoms with van der Waals surface area (Å²) in [6, 6.07) is 5.72. The van der Waals surface area contributed by atoms with Crippen molar-refractivity contribution in [1.29, 1.82) is 0 Å². The molecule has 1 saturated heterocycles. The molecule has 1 aromatic heterocycles. The number of anilines is 1. The van der Waals surface area contributed by atoms with Crippen LogP contribution >= 0.6 is 0 Å². The third-order valence-corrected chi connectivity index (χ3v) is 8.06. The van der Waals surface area contributed by atoms with Crippen LogP contribution in [0, 0.1) is 40.5 Å². The van der Waals surface area contributed by atoms with E-state index in [4.69, 9.17) is 0 Å². The zero-order valence-electron chi connectivity index (χ0n) is 17.7. The van der Waals surface area contributed by atoms with Crippen LogP contribution in [0.15, 0.2) is 29.3 Å². The molecule has 0 bridgehead atoms. The molecule has 3 rings (SSSR count). The molecule has 1 aliphatic rings. The van der Waals surface area contributed by atoms with Crippen molar-refractivity contribution in [1.82, 2.24) is 9.29 Å². The molecule has 1 amide bonds. The number of pyridine rings is 1. The number of aromatic nitrogens is 1. The molecular weight excluding hydrogens is 386 g/mol. The lowest BCUT2D eigenvalue weighted by atomic mass is 9.97. The number of hydrogen-bond acceptors (Lipinski definition) is 4. The van der Waals surface area contributed by atoms with Gasteiger partial charge >= 0.3 is 0 Å². The van der Waals surface area contributed by atoms with E-state index in [0.29, 0.717) is 36.6 Å². The molecule has 0 atom stereocenters. The minimum atomic E-state index is -3.59. The number of piperidine rings is 1. The maximum atomic E-state index is 13.4. The molecule has 0 unspecified atom stereocenters. The second-order valence-electron chi connectivity index (χ2n) is 7.98. The number of carbonyl (C=O) groups is 1. The van der Waals surface area contributed by atoms with Crippen LogP contribution < -0.4 is 5.32 Å². The molecule has 2 heterocycles. The minimum absolute atomic E-state index is 0.0982. The highest BCUT2D eigenvalue weighted by molar-refractivity contribution is 7.89. The highest BCUT2D eigenvalue weighted by Crippen LogP contribution is 2.31. The Labute approximate surface area is 173 Å². The Morgan fingerprint density at radius 2 is 1.62 bits per heavy atom. The molecule has 7 heteroatoms. The average Bonchev–Trinajstić information content (AvgIpc) is 2.66. The van der Waals surface area contributed by atoms with Crippen LogP contribution in [0.2, 0.25) is 0 Å². The zero-order chi connectivity index (χ0) is 21.3. The van der Waals surface area contributed by atoms with Gasteiger partial charge in [0, 0.05) is 25.2 Å². The largest absolute Gasteiger partial charge is 0.310 e. The molecule has 6 nitrogen and oxygen atoms in total. The Balaban J connectivity index is 1.73. The van der Waals surface area contributed by atoms with Crippen LogP contribution in [-0.4, -0.2) is 36.7 Å². The fraction of sp³-hybridized carbons (Fsp3) is 0.455. The van der Waals surface area contributed by atoms with Crippen LogP contribution in [0.5, 0.6) is 0 Å². The van der Waals surface area contributed by atoms with Gasteiger partial charge in [0.05, 0.1) is 4.90 Å². The monoisotopic (exact) mass is 415 g/mol. The summed E-state index contributed by atoms with van der Waals surface area (Å²) in [7, 11) is -3.59. The molecule has 0 saturated carbocycles. The summed E-state index contributed by atoms with van der Waals surface area (Å²) in [5.41, 5.74) is 4.59. The number of benzene rings is 1. The first-order chi connectivity index (χ1) is 13.6. The molecule has 2 aromatic rings. The first kappa shape index (κ1) is 21.5. The number of nitrogens with one attached hydrogen (secondary N) is 1. The van der Waals surface area contributed by atoms with E-state index in [0.717, 1.165) is 27.8 Å². The fourth-order valence-corrected chi connectivity index (χ4v) is 5.93. The molecule has 0 spiro atoms. The van der Waals surface area contributed by atoms with E-state index in [1.807, 2.05) is 52.8 Å². The van der Waals surface area contributed by atoms with E-state index in [1.165, 1.54) is 4.31 Å². The highest BCUT2D eigenvalue weighted by atomic mass is 32.2. The summed E-state index contributed by atoms with van der Waals surface area (Å²) in [5, 5.41) is 2.85. The number of carbonyl (C=O) groups excluding carboxylic acids is 1. The van der Waals surface area contributed by atoms with Gasteiger partial charge in [0.2, 0.25) is 15.9 Å². The number of sulfonamides is 1. The number of amides is 1. The molecule has 1 aliphatic heterocycles. The van der Waals surface area contributed by atoms with Crippen molar-refractivity contribution in [3.05, 3.63) is 52.2 Å². The molecule has 1 N–H and O–H groups in total. The smallest absolute Gasteiger partial charge is 0.243 e. The SMILES string of the molecule is Cc1ccnc(NC(=O)C2CCN(S(=O)(=O)c3c(C)c(C)cc(C)c3C)CC2)c1. The van der Waals surface area contributed by atoms with Gasteiger partial charge in [0.25, 0.3) is 0 Å². The normalized spacial score (nSPS) is 16.0. The second kappa shape index (κ2) is 8.24. The minimum Gasteiger partial charge on any atom is -0.310 e. The summed E-state index contributed by atoms with van der Waals surface area (Å²) in [4.78, 5) is 17.2. The number of rotatable bonds is 4. The maximum absolute atomic E-state index is 13.4. The van der Waals surface area contributed by atoms with E-state index < -0.39 is 10.0 Å². The van der Waals surface area contributed by atoms with E-state index in [9.17, 15) is 13.2 Å². The van der Waals surface area contributed by atoms with Crippen LogP contribution in [0.25, 0.3) is 0 Å². The lowest BCUT2D eigenvalue weighted by Crippen LogP contribution is -2.42. The number of hydrogen-bond donors (Lipinski definition) is 1.